The molecule has 8 heteroatoms. The molecule has 4 aromatic rings. The summed E-state index contributed by atoms with van der Waals surface area (Å²) < 4.78 is 13.1. The van der Waals surface area contributed by atoms with Crippen LogP contribution in [-0.4, -0.2) is 51.9 Å². The zero-order valence-electron chi connectivity index (χ0n) is 19.2. The van der Waals surface area contributed by atoms with Gasteiger partial charge in [-0.25, -0.2) is 4.98 Å². The molecule has 0 spiro atoms. The number of furan rings is 1. The fourth-order valence-corrected chi connectivity index (χ4v) is 5.14. The maximum absolute atomic E-state index is 11.6. The summed E-state index contributed by atoms with van der Waals surface area (Å²) in [7, 11) is 0. The van der Waals surface area contributed by atoms with Crippen molar-refractivity contribution < 1.29 is 13.9 Å². The molecule has 0 radical (unpaired) electrons. The second kappa shape index (κ2) is 8.76. The van der Waals surface area contributed by atoms with Crippen molar-refractivity contribution in [1.29, 1.82) is 0 Å². The molecule has 33 heavy (non-hydrogen) atoms. The van der Waals surface area contributed by atoms with Gasteiger partial charge in [0.25, 0.3) is 5.19 Å². The van der Waals surface area contributed by atoms with Gasteiger partial charge in [-0.3, -0.25) is 9.69 Å². The van der Waals surface area contributed by atoms with Gasteiger partial charge in [-0.05, 0) is 42.2 Å². The summed E-state index contributed by atoms with van der Waals surface area (Å²) in [5, 5.41) is 1.61. The van der Waals surface area contributed by atoms with Crippen molar-refractivity contribution in [2.24, 2.45) is 5.41 Å². The Balaban J connectivity index is 1.25. The zero-order valence-corrected chi connectivity index (χ0v) is 20.0. The summed E-state index contributed by atoms with van der Waals surface area (Å²) >= 11 is 1.47. The molecule has 1 saturated heterocycles. The van der Waals surface area contributed by atoms with E-state index in [-0.39, 0.29) is 11.5 Å². The predicted octanol–water partition coefficient (Wildman–Crippen LogP) is 5.31. The molecule has 1 aromatic carbocycles. The first kappa shape index (κ1) is 21.9. The number of carbonyl (C=O) groups excluding carboxylic acids is 1. The number of likely N-dealkylation sites (tertiary alicyclic amines) is 1. The van der Waals surface area contributed by atoms with Crippen LogP contribution in [0.5, 0.6) is 10.9 Å². The van der Waals surface area contributed by atoms with E-state index in [0.29, 0.717) is 16.6 Å². The first-order chi connectivity index (χ1) is 15.9. The lowest BCUT2D eigenvalue weighted by Crippen LogP contribution is -2.41. The van der Waals surface area contributed by atoms with Crippen LogP contribution in [0.25, 0.3) is 21.3 Å². The highest BCUT2D eigenvalue weighted by Gasteiger charge is 2.29. The highest BCUT2D eigenvalue weighted by molar-refractivity contribution is 7.20. The maximum Gasteiger partial charge on any atom is 0.281 e. The standard InChI is InChI=1S/C25H28N4O3S/c1-25(2,3)15-29(16-30)18-8-10-28(13-18)14-20-11-17-6-7-19(12-21(17)31-20)32-24-27-23-22(33-24)5-4-9-26-23/h4-7,9,11-12,16,18H,8,10,13-15H2,1-3H3. The minimum atomic E-state index is 0.0920. The van der Waals surface area contributed by atoms with Crippen LogP contribution in [0.4, 0.5) is 0 Å². The number of carbonyl (C=O) groups is 1. The average molecular weight is 465 g/mol. The summed E-state index contributed by atoms with van der Waals surface area (Å²) in [6, 6.07) is 12.1. The smallest absolute Gasteiger partial charge is 0.281 e. The van der Waals surface area contributed by atoms with E-state index in [1.807, 2.05) is 35.2 Å². The van der Waals surface area contributed by atoms with Gasteiger partial charge in [0.05, 0.1) is 11.2 Å². The van der Waals surface area contributed by atoms with Crippen LogP contribution in [0, 0.1) is 5.41 Å². The van der Waals surface area contributed by atoms with E-state index >= 15 is 0 Å². The largest absolute Gasteiger partial charge is 0.460 e. The molecular weight excluding hydrogens is 436 g/mol. The van der Waals surface area contributed by atoms with Gasteiger partial charge in [0.2, 0.25) is 6.41 Å². The van der Waals surface area contributed by atoms with Crippen molar-refractivity contribution in [1.82, 2.24) is 19.8 Å². The van der Waals surface area contributed by atoms with Crippen molar-refractivity contribution in [3.8, 4) is 10.9 Å². The van der Waals surface area contributed by atoms with Crippen LogP contribution in [0.3, 0.4) is 0 Å². The van der Waals surface area contributed by atoms with E-state index in [2.05, 4.69) is 41.7 Å². The molecule has 0 saturated carbocycles. The summed E-state index contributed by atoms with van der Waals surface area (Å²) in [6.45, 7) is 9.81. The van der Waals surface area contributed by atoms with Gasteiger partial charge in [-0.2, -0.15) is 4.98 Å². The Morgan fingerprint density at radius 3 is 2.97 bits per heavy atom. The van der Waals surface area contributed by atoms with Crippen LogP contribution in [0.15, 0.2) is 47.0 Å². The Hall–Kier alpha value is -2.97. The van der Waals surface area contributed by atoms with E-state index in [9.17, 15) is 4.79 Å². The summed E-state index contributed by atoms with van der Waals surface area (Å²) in [5.74, 6) is 1.60. The molecule has 7 nitrogen and oxygen atoms in total. The lowest BCUT2D eigenvalue weighted by atomic mass is 9.95. The number of fused-ring (bicyclic) bond motifs is 2. The molecule has 4 heterocycles. The Labute approximate surface area is 197 Å². The Morgan fingerprint density at radius 2 is 2.18 bits per heavy atom. The van der Waals surface area contributed by atoms with E-state index in [1.54, 1.807) is 6.20 Å². The lowest BCUT2D eigenvalue weighted by Gasteiger charge is -2.31. The molecule has 0 N–H and O–H groups in total. The zero-order chi connectivity index (χ0) is 23.0. The number of rotatable bonds is 7. The van der Waals surface area contributed by atoms with Crippen molar-refractivity contribution in [2.75, 3.05) is 19.6 Å². The third-order valence-electron chi connectivity index (χ3n) is 5.78. The van der Waals surface area contributed by atoms with Crippen LogP contribution >= 0.6 is 11.3 Å². The SMILES string of the molecule is CC(C)(C)CN(C=O)C1CCN(Cc2cc3ccc(Oc4nc5ncccc5s4)cc3o2)C1. The van der Waals surface area contributed by atoms with Crippen LogP contribution in [-0.2, 0) is 11.3 Å². The van der Waals surface area contributed by atoms with Gasteiger partial charge in [0.1, 0.15) is 17.1 Å². The number of ether oxygens (including phenoxy) is 1. The fraction of sp³-hybridized carbons (Fsp3) is 0.400. The third-order valence-corrected chi connectivity index (χ3v) is 6.67. The number of nitrogens with zero attached hydrogens (tertiary/aromatic N) is 4. The van der Waals surface area contributed by atoms with Crippen LogP contribution < -0.4 is 4.74 Å². The van der Waals surface area contributed by atoms with E-state index < -0.39 is 0 Å². The number of hydrogen-bond donors (Lipinski definition) is 0. The summed E-state index contributed by atoms with van der Waals surface area (Å²) in [4.78, 5) is 24.6. The molecule has 1 aliphatic rings. The van der Waals surface area contributed by atoms with Gasteiger partial charge < -0.3 is 14.1 Å². The normalized spacial score (nSPS) is 17.1. The summed E-state index contributed by atoms with van der Waals surface area (Å²) in [6.07, 6.45) is 3.72. The van der Waals surface area contributed by atoms with E-state index in [0.717, 1.165) is 60.4 Å². The fourth-order valence-electron chi connectivity index (χ4n) is 4.35. The number of amides is 1. The minimum Gasteiger partial charge on any atom is -0.460 e. The van der Waals surface area contributed by atoms with E-state index in [4.69, 9.17) is 9.15 Å². The second-order valence-electron chi connectivity index (χ2n) is 9.84. The van der Waals surface area contributed by atoms with Crippen LogP contribution in [0.2, 0.25) is 0 Å². The van der Waals surface area contributed by atoms with Crippen molar-refractivity contribution in [2.45, 2.75) is 39.8 Å². The first-order valence-electron chi connectivity index (χ1n) is 11.2. The van der Waals surface area contributed by atoms with Gasteiger partial charge in [-0.15, -0.1) is 0 Å². The lowest BCUT2D eigenvalue weighted by molar-refractivity contribution is -0.121. The average Bonchev–Trinajstić information content (AvgIpc) is 3.48. The molecule has 1 amide bonds. The number of thiazole rings is 1. The van der Waals surface area contributed by atoms with E-state index in [1.165, 1.54) is 11.3 Å². The Bertz CT molecular complexity index is 1240. The Morgan fingerprint density at radius 1 is 1.30 bits per heavy atom. The molecule has 1 aliphatic heterocycles. The quantitative estimate of drug-likeness (QED) is 0.345. The van der Waals surface area contributed by atoms with Gasteiger partial charge >= 0.3 is 0 Å². The molecule has 172 valence electrons. The number of pyridine rings is 1. The van der Waals surface area contributed by atoms with Crippen LogP contribution in [0.1, 0.15) is 33.0 Å². The second-order valence-corrected chi connectivity index (χ2v) is 10.8. The predicted molar refractivity (Wildman–Crippen MR) is 130 cm³/mol. The highest BCUT2D eigenvalue weighted by atomic mass is 32.1. The molecule has 0 aliphatic carbocycles. The van der Waals surface area contributed by atoms with Crippen molar-refractivity contribution >= 4 is 39.1 Å². The molecular formula is C25H28N4O3S. The molecule has 5 rings (SSSR count). The molecule has 1 atom stereocenters. The topological polar surface area (TPSA) is 71.7 Å². The molecule has 0 bridgehead atoms. The monoisotopic (exact) mass is 464 g/mol. The third kappa shape index (κ3) is 5.02. The molecule has 3 aromatic heterocycles. The number of aromatic nitrogens is 2. The minimum absolute atomic E-state index is 0.0920. The van der Waals surface area contributed by atoms with Gasteiger partial charge in [0.15, 0.2) is 5.65 Å². The molecule has 1 unspecified atom stereocenters. The first-order valence-corrected chi connectivity index (χ1v) is 12.0. The summed E-state index contributed by atoms with van der Waals surface area (Å²) in [5.41, 5.74) is 1.58. The van der Waals surface area contributed by atoms with Gasteiger partial charge in [-0.1, -0.05) is 32.1 Å². The molecule has 1 fully saturated rings. The maximum atomic E-state index is 11.6. The number of hydrogen-bond acceptors (Lipinski definition) is 7. The van der Waals surface area contributed by atoms with Gasteiger partial charge in [0, 0.05) is 43.3 Å². The Kier molecular flexibility index (Phi) is 5.80. The highest BCUT2D eigenvalue weighted by Crippen LogP contribution is 2.33. The van der Waals surface area contributed by atoms with Crippen molar-refractivity contribution in [3.63, 3.8) is 0 Å². The number of benzene rings is 1. The van der Waals surface area contributed by atoms with Crippen molar-refractivity contribution in [3.05, 3.63) is 48.4 Å².